The van der Waals surface area contributed by atoms with Gasteiger partial charge in [0, 0.05) is 12.1 Å². The second-order valence-electron chi connectivity index (χ2n) is 5.78. The van der Waals surface area contributed by atoms with E-state index in [1.165, 1.54) is 6.08 Å². The Kier molecular flexibility index (Phi) is 7.77. The van der Waals surface area contributed by atoms with Crippen LogP contribution < -0.4 is 15.4 Å². The Hall–Kier alpha value is -3.61. The number of carbonyl (C=O) groups excluding carboxylic acids is 2. The van der Waals surface area contributed by atoms with Crippen LogP contribution in [-0.4, -0.2) is 36.0 Å². The Bertz CT molecular complexity index is 845. The first kappa shape index (κ1) is 20.7. The molecule has 0 unspecified atom stereocenters. The third-order valence-corrected chi connectivity index (χ3v) is 3.66. The molecule has 7 heteroatoms. The van der Waals surface area contributed by atoms with Gasteiger partial charge < -0.3 is 20.5 Å². The Morgan fingerprint density at radius 2 is 1.71 bits per heavy atom. The van der Waals surface area contributed by atoms with Crippen molar-refractivity contribution in [2.75, 3.05) is 13.2 Å². The van der Waals surface area contributed by atoms with E-state index in [2.05, 4.69) is 10.6 Å². The molecular weight excluding hydrogens is 360 g/mol. The molecule has 2 rings (SSSR count). The third kappa shape index (κ3) is 6.60. The van der Waals surface area contributed by atoms with Crippen LogP contribution in [-0.2, 0) is 9.59 Å². The molecule has 0 radical (unpaired) electrons. The second-order valence-corrected chi connectivity index (χ2v) is 5.78. The van der Waals surface area contributed by atoms with Crippen LogP contribution in [0.25, 0.3) is 6.08 Å². The summed E-state index contributed by atoms with van der Waals surface area (Å²) in [7, 11) is 0. The second kappa shape index (κ2) is 10.5. The van der Waals surface area contributed by atoms with Crippen LogP contribution in [0.15, 0.2) is 60.3 Å². The van der Waals surface area contributed by atoms with E-state index in [4.69, 9.17) is 9.84 Å². The minimum atomic E-state index is -1.02. The summed E-state index contributed by atoms with van der Waals surface area (Å²) in [5.41, 5.74) is 1.11. The largest absolute Gasteiger partial charge is 0.494 e. The van der Waals surface area contributed by atoms with Crippen LogP contribution in [0.3, 0.4) is 0 Å². The molecule has 2 aromatic carbocycles. The zero-order valence-electron chi connectivity index (χ0n) is 15.5. The number of rotatable bonds is 9. The molecule has 28 heavy (non-hydrogen) atoms. The van der Waals surface area contributed by atoms with Gasteiger partial charge >= 0.3 is 5.97 Å². The van der Waals surface area contributed by atoms with E-state index in [9.17, 15) is 14.4 Å². The average Bonchev–Trinajstić information content (AvgIpc) is 2.68. The van der Waals surface area contributed by atoms with Crippen molar-refractivity contribution in [1.29, 1.82) is 0 Å². The molecule has 7 nitrogen and oxygen atoms in total. The SMILES string of the molecule is CCOc1ccc(C(=O)N/C(=C/c2ccccc2)C(=O)NCCC(=O)O)cc1. The Morgan fingerprint density at radius 3 is 2.32 bits per heavy atom. The lowest BCUT2D eigenvalue weighted by Crippen LogP contribution is -2.35. The van der Waals surface area contributed by atoms with Crippen molar-refractivity contribution in [1.82, 2.24) is 10.6 Å². The number of nitrogens with one attached hydrogen (secondary N) is 2. The van der Waals surface area contributed by atoms with Gasteiger partial charge in [0.25, 0.3) is 11.8 Å². The number of carbonyl (C=O) groups is 3. The zero-order chi connectivity index (χ0) is 20.4. The van der Waals surface area contributed by atoms with Gasteiger partial charge in [-0.05, 0) is 42.8 Å². The summed E-state index contributed by atoms with van der Waals surface area (Å²) in [6.45, 7) is 2.34. The van der Waals surface area contributed by atoms with Crippen LogP contribution in [0.5, 0.6) is 5.75 Å². The molecule has 0 aliphatic carbocycles. The summed E-state index contributed by atoms with van der Waals surface area (Å²) in [6, 6.07) is 15.6. The number of aliphatic carboxylic acids is 1. The third-order valence-electron chi connectivity index (χ3n) is 3.66. The first-order valence-corrected chi connectivity index (χ1v) is 8.80. The molecule has 0 saturated heterocycles. The van der Waals surface area contributed by atoms with Crippen molar-refractivity contribution in [3.63, 3.8) is 0 Å². The fourth-order valence-electron chi connectivity index (χ4n) is 2.32. The van der Waals surface area contributed by atoms with E-state index in [1.807, 2.05) is 13.0 Å². The van der Waals surface area contributed by atoms with Crippen molar-refractivity contribution in [3.05, 3.63) is 71.4 Å². The normalized spacial score (nSPS) is 10.8. The van der Waals surface area contributed by atoms with Crippen LogP contribution in [0.1, 0.15) is 29.3 Å². The van der Waals surface area contributed by atoms with Crippen molar-refractivity contribution >= 4 is 23.9 Å². The van der Waals surface area contributed by atoms with Gasteiger partial charge in [-0.3, -0.25) is 14.4 Å². The molecule has 0 spiro atoms. The van der Waals surface area contributed by atoms with Gasteiger partial charge in [0.15, 0.2) is 0 Å². The van der Waals surface area contributed by atoms with E-state index < -0.39 is 17.8 Å². The number of carboxylic acids is 1. The first-order valence-electron chi connectivity index (χ1n) is 8.80. The maximum atomic E-state index is 12.5. The number of ether oxygens (including phenoxy) is 1. The van der Waals surface area contributed by atoms with Crippen molar-refractivity contribution in [2.45, 2.75) is 13.3 Å². The van der Waals surface area contributed by atoms with E-state index in [1.54, 1.807) is 48.5 Å². The Labute approximate surface area is 163 Å². The highest BCUT2D eigenvalue weighted by Crippen LogP contribution is 2.13. The number of carboxylic acid groups (broad SMARTS) is 1. The van der Waals surface area contributed by atoms with Gasteiger partial charge in [-0.2, -0.15) is 0 Å². The van der Waals surface area contributed by atoms with Gasteiger partial charge in [-0.25, -0.2) is 0 Å². The maximum Gasteiger partial charge on any atom is 0.305 e. The van der Waals surface area contributed by atoms with Crippen LogP contribution in [0.4, 0.5) is 0 Å². The monoisotopic (exact) mass is 382 g/mol. The van der Waals surface area contributed by atoms with Crippen molar-refractivity contribution in [3.8, 4) is 5.75 Å². The Balaban J connectivity index is 2.16. The smallest absolute Gasteiger partial charge is 0.305 e. The minimum absolute atomic E-state index is 0.0236. The topological polar surface area (TPSA) is 105 Å². The van der Waals surface area contributed by atoms with Gasteiger partial charge in [0.05, 0.1) is 13.0 Å². The van der Waals surface area contributed by atoms with Gasteiger partial charge in [-0.15, -0.1) is 0 Å². The highest BCUT2D eigenvalue weighted by Gasteiger charge is 2.15. The van der Waals surface area contributed by atoms with E-state index in [-0.39, 0.29) is 18.7 Å². The van der Waals surface area contributed by atoms with Crippen LogP contribution in [0, 0.1) is 0 Å². The summed E-state index contributed by atoms with van der Waals surface area (Å²) >= 11 is 0. The van der Waals surface area contributed by atoms with Gasteiger partial charge in [0.2, 0.25) is 0 Å². The molecule has 0 bridgehead atoms. The number of benzene rings is 2. The maximum absolute atomic E-state index is 12.5. The summed E-state index contributed by atoms with van der Waals surface area (Å²) in [5, 5.41) is 13.8. The fourth-order valence-corrected chi connectivity index (χ4v) is 2.32. The molecule has 0 heterocycles. The van der Waals surface area contributed by atoms with Gasteiger partial charge in [-0.1, -0.05) is 30.3 Å². The molecule has 0 aliphatic heterocycles. The number of hydrogen-bond acceptors (Lipinski definition) is 4. The molecular formula is C21H22N2O5. The molecule has 2 amide bonds. The average molecular weight is 382 g/mol. The molecule has 0 aromatic heterocycles. The molecule has 2 aromatic rings. The fraction of sp³-hybridized carbons (Fsp3) is 0.190. The zero-order valence-corrected chi connectivity index (χ0v) is 15.5. The standard InChI is InChI=1S/C21H22N2O5/c1-2-28-17-10-8-16(9-11-17)20(26)23-18(14-15-6-4-3-5-7-15)21(27)22-13-12-19(24)25/h3-11,14H,2,12-13H2,1H3,(H,22,27)(H,23,26)(H,24,25)/b18-14+. The van der Waals surface area contributed by atoms with Crippen molar-refractivity contribution < 1.29 is 24.2 Å². The molecule has 0 atom stereocenters. The summed E-state index contributed by atoms with van der Waals surface area (Å²) in [5.74, 6) is -1.40. The quantitative estimate of drug-likeness (QED) is 0.578. The predicted octanol–water partition coefficient (Wildman–Crippen LogP) is 2.45. The lowest BCUT2D eigenvalue weighted by Gasteiger charge is -2.11. The molecule has 146 valence electrons. The number of hydrogen-bond donors (Lipinski definition) is 3. The molecule has 0 fully saturated rings. The number of amides is 2. The lowest BCUT2D eigenvalue weighted by molar-refractivity contribution is -0.136. The summed E-state index contributed by atoms with van der Waals surface area (Å²) < 4.78 is 5.35. The van der Waals surface area contributed by atoms with Gasteiger partial charge in [0.1, 0.15) is 11.4 Å². The lowest BCUT2D eigenvalue weighted by atomic mass is 10.1. The highest BCUT2D eigenvalue weighted by molar-refractivity contribution is 6.05. The van der Waals surface area contributed by atoms with E-state index in [0.29, 0.717) is 17.9 Å². The molecule has 0 saturated carbocycles. The highest BCUT2D eigenvalue weighted by atomic mass is 16.5. The van der Waals surface area contributed by atoms with E-state index in [0.717, 1.165) is 5.56 Å². The summed E-state index contributed by atoms with van der Waals surface area (Å²) in [6.07, 6.45) is 1.32. The van der Waals surface area contributed by atoms with Crippen LogP contribution in [0.2, 0.25) is 0 Å². The Morgan fingerprint density at radius 1 is 1.04 bits per heavy atom. The molecule has 3 N–H and O–H groups in total. The minimum Gasteiger partial charge on any atom is -0.494 e. The summed E-state index contributed by atoms with van der Waals surface area (Å²) in [4.78, 5) is 35.6. The first-order chi connectivity index (χ1) is 13.5. The van der Waals surface area contributed by atoms with Crippen molar-refractivity contribution in [2.24, 2.45) is 0 Å². The van der Waals surface area contributed by atoms with E-state index >= 15 is 0 Å². The molecule has 0 aliphatic rings. The van der Waals surface area contributed by atoms with Crippen LogP contribution >= 0.6 is 0 Å². The predicted molar refractivity (Wildman–Crippen MR) is 105 cm³/mol.